The van der Waals surface area contributed by atoms with E-state index in [1.54, 1.807) is 42.5 Å². The molecule has 3 aromatic rings. The Kier molecular flexibility index (Phi) is 4.30. The fourth-order valence-corrected chi connectivity index (χ4v) is 3.43. The van der Waals surface area contributed by atoms with Gasteiger partial charge in [-0.2, -0.15) is 0 Å². The van der Waals surface area contributed by atoms with Crippen LogP contribution in [0.25, 0.3) is 10.2 Å². The van der Waals surface area contributed by atoms with Crippen molar-refractivity contribution in [3.63, 3.8) is 0 Å². The Morgan fingerprint density at radius 1 is 1.22 bits per heavy atom. The summed E-state index contributed by atoms with van der Waals surface area (Å²) in [7, 11) is 3.40. The average molecular weight is 326 g/mol. The Morgan fingerprint density at radius 2 is 2.00 bits per heavy atom. The van der Waals surface area contributed by atoms with E-state index in [-0.39, 0.29) is 11.9 Å². The number of fused-ring (bicyclic) bond motifs is 1. The fourth-order valence-electron chi connectivity index (χ4n) is 2.37. The predicted molar refractivity (Wildman–Crippen MR) is 93.1 cm³/mol. The third-order valence-electron chi connectivity index (χ3n) is 3.89. The number of carbonyl (C=O) groups excluding carboxylic acids is 1. The number of para-hydroxylation sites is 1. The molecule has 1 atom stereocenters. The lowest BCUT2D eigenvalue weighted by Gasteiger charge is -2.23. The Labute approximate surface area is 139 Å². The molecule has 1 heterocycles. The van der Waals surface area contributed by atoms with E-state index in [0.29, 0.717) is 11.3 Å². The number of carbonyl (C=O) groups is 1. The first kappa shape index (κ1) is 15.5. The van der Waals surface area contributed by atoms with Crippen LogP contribution < -0.4 is 4.74 Å². The van der Waals surface area contributed by atoms with Crippen LogP contribution in [-0.4, -0.2) is 29.9 Å². The zero-order valence-corrected chi connectivity index (χ0v) is 14.1. The lowest BCUT2D eigenvalue weighted by molar-refractivity contribution is 0.0742. The summed E-state index contributed by atoms with van der Waals surface area (Å²) < 4.78 is 6.32. The number of methoxy groups -OCH3 is 1. The summed E-state index contributed by atoms with van der Waals surface area (Å²) in [6, 6.07) is 15.1. The summed E-state index contributed by atoms with van der Waals surface area (Å²) in [5.41, 5.74) is 1.58. The molecule has 2 aromatic carbocycles. The third-order valence-corrected chi connectivity index (χ3v) is 5.09. The zero-order chi connectivity index (χ0) is 16.4. The smallest absolute Gasteiger partial charge is 0.254 e. The molecule has 0 aliphatic carbocycles. The van der Waals surface area contributed by atoms with Crippen molar-refractivity contribution in [2.45, 2.75) is 13.0 Å². The van der Waals surface area contributed by atoms with Crippen LogP contribution in [0, 0.1) is 0 Å². The Hall–Kier alpha value is -2.40. The van der Waals surface area contributed by atoms with E-state index in [9.17, 15) is 4.79 Å². The highest BCUT2D eigenvalue weighted by atomic mass is 32.1. The molecule has 5 heteroatoms. The second-order valence-corrected chi connectivity index (χ2v) is 6.41. The van der Waals surface area contributed by atoms with Gasteiger partial charge < -0.3 is 9.64 Å². The van der Waals surface area contributed by atoms with Gasteiger partial charge in [0.25, 0.3) is 5.91 Å². The van der Waals surface area contributed by atoms with Gasteiger partial charge in [0.15, 0.2) is 0 Å². The Morgan fingerprint density at radius 3 is 2.74 bits per heavy atom. The number of thiazole rings is 1. The maximum absolute atomic E-state index is 12.7. The number of benzene rings is 2. The Balaban J connectivity index is 1.85. The van der Waals surface area contributed by atoms with E-state index < -0.39 is 0 Å². The third kappa shape index (κ3) is 3.05. The molecule has 0 spiro atoms. The van der Waals surface area contributed by atoms with Crippen LogP contribution >= 0.6 is 11.3 Å². The van der Waals surface area contributed by atoms with Gasteiger partial charge in [0.1, 0.15) is 10.8 Å². The van der Waals surface area contributed by atoms with Crippen molar-refractivity contribution < 1.29 is 9.53 Å². The van der Waals surface area contributed by atoms with Gasteiger partial charge in [-0.25, -0.2) is 4.98 Å². The summed E-state index contributed by atoms with van der Waals surface area (Å²) in [4.78, 5) is 19.0. The number of amides is 1. The minimum absolute atomic E-state index is 0.0457. The minimum Gasteiger partial charge on any atom is -0.497 e. The molecular formula is C18H18N2O2S. The monoisotopic (exact) mass is 326 g/mol. The molecule has 1 amide bonds. The number of aromatic nitrogens is 1. The summed E-state index contributed by atoms with van der Waals surface area (Å²) in [6.45, 7) is 2.00. The molecule has 0 aliphatic heterocycles. The zero-order valence-electron chi connectivity index (χ0n) is 13.3. The molecule has 23 heavy (non-hydrogen) atoms. The highest BCUT2D eigenvalue weighted by Gasteiger charge is 2.22. The van der Waals surface area contributed by atoms with Crippen LogP contribution in [0.1, 0.15) is 28.3 Å². The highest BCUT2D eigenvalue weighted by Crippen LogP contribution is 2.29. The molecule has 0 aliphatic rings. The van der Waals surface area contributed by atoms with E-state index in [0.717, 1.165) is 15.2 Å². The van der Waals surface area contributed by atoms with E-state index in [1.165, 1.54) is 0 Å². The minimum atomic E-state index is -0.0916. The lowest BCUT2D eigenvalue weighted by atomic mass is 10.1. The van der Waals surface area contributed by atoms with Crippen LogP contribution in [0.15, 0.2) is 48.5 Å². The van der Waals surface area contributed by atoms with Gasteiger partial charge in [0.2, 0.25) is 0 Å². The first-order valence-electron chi connectivity index (χ1n) is 7.37. The SMILES string of the molecule is COc1cccc(C(=O)N(C)[C@H](C)c2nc3ccccc3s2)c1. The second kappa shape index (κ2) is 6.38. The number of hydrogen-bond donors (Lipinski definition) is 0. The molecule has 0 saturated carbocycles. The molecule has 0 N–H and O–H groups in total. The summed E-state index contributed by atoms with van der Waals surface area (Å²) in [6.07, 6.45) is 0. The van der Waals surface area contributed by atoms with Gasteiger partial charge in [-0.1, -0.05) is 18.2 Å². The molecule has 1 aromatic heterocycles. The molecule has 0 radical (unpaired) electrons. The van der Waals surface area contributed by atoms with Gasteiger partial charge in [-0.3, -0.25) is 4.79 Å². The molecule has 0 saturated heterocycles. The van der Waals surface area contributed by atoms with Crippen LogP contribution in [0.3, 0.4) is 0 Å². The number of hydrogen-bond acceptors (Lipinski definition) is 4. The lowest BCUT2D eigenvalue weighted by Crippen LogP contribution is -2.29. The molecule has 118 valence electrons. The van der Waals surface area contributed by atoms with E-state index in [1.807, 2.05) is 43.3 Å². The van der Waals surface area contributed by atoms with Gasteiger partial charge in [0, 0.05) is 12.6 Å². The van der Waals surface area contributed by atoms with Crippen molar-refractivity contribution >= 4 is 27.5 Å². The standard InChI is InChI=1S/C18H18N2O2S/c1-12(17-19-15-9-4-5-10-16(15)23-17)20(2)18(21)13-7-6-8-14(11-13)22-3/h4-12H,1-3H3/t12-/m1/s1. The van der Waals surface area contributed by atoms with Crippen LogP contribution in [0.2, 0.25) is 0 Å². The van der Waals surface area contributed by atoms with Crippen molar-refractivity contribution in [1.29, 1.82) is 0 Å². The topological polar surface area (TPSA) is 42.4 Å². The van der Waals surface area contributed by atoms with Crippen molar-refractivity contribution in [3.05, 3.63) is 59.1 Å². The number of nitrogens with zero attached hydrogens (tertiary/aromatic N) is 2. The normalized spacial score (nSPS) is 12.1. The number of rotatable bonds is 4. The molecule has 3 rings (SSSR count). The van der Waals surface area contributed by atoms with E-state index in [2.05, 4.69) is 4.98 Å². The maximum Gasteiger partial charge on any atom is 0.254 e. The van der Waals surface area contributed by atoms with Crippen LogP contribution in [-0.2, 0) is 0 Å². The quantitative estimate of drug-likeness (QED) is 0.724. The Bertz CT molecular complexity index is 811. The second-order valence-electron chi connectivity index (χ2n) is 5.34. The average Bonchev–Trinajstić information content (AvgIpc) is 3.04. The molecule has 0 unspecified atom stereocenters. The molecular weight excluding hydrogens is 308 g/mol. The van der Waals surface area contributed by atoms with Gasteiger partial charge in [-0.15, -0.1) is 11.3 Å². The van der Waals surface area contributed by atoms with Gasteiger partial charge in [-0.05, 0) is 37.3 Å². The van der Waals surface area contributed by atoms with Crippen LogP contribution in [0.4, 0.5) is 0 Å². The first-order chi connectivity index (χ1) is 11.1. The molecule has 4 nitrogen and oxygen atoms in total. The van der Waals surface area contributed by atoms with Crippen molar-refractivity contribution in [2.75, 3.05) is 14.2 Å². The molecule has 0 fully saturated rings. The van der Waals surface area contributed by atoms with E-state index in [4.69, 9.17) is 4.74 Å². The van der Waals surface area contributed by atoms with Crippen LogP contribution in [0.5, 0.6) is 5.75 Å². The first-order valence-corrected chi connectivity index (χ1v) is 8.18. The highest BCUT2D eigenvalue weighted by molar-refractivity contribution is 7.18. The largest absolute Gasteiger partial charge is 0.497 e. The predicted octanol–water partition coefficient (Wildman–Crippen LogP) is 4.14. The molecule has 0 bridgehead atoms. The summed E-state index contributed by atoms with van der Waals surface area (Å²) >= 11 is 1.62. The summed E-state index contributed by atoms with van der Waals surface area (Å²) in [5.74, 6) is 0.632. The fraction of sp³-hybridized carbons (Fsp3) is 0.222. The van der Waals surface area contributed by atoms with Crippen molar-refractivity contribution in [1.82, 2.24) is 9.88 Å². The van der Waals surface area contributed by atoms with E-state index >= 15 is 0 Å². The summed E-state index contributed by atoms with van der Waals surface area (Å²) in [5, 5.41) is 0.935. The van der Waals surface area contributed by atoms with Crippen molar-refractivity contribution in [3.8, 4) is 5.75 Å². The van der Waals surface area contributed by atoms with Crippen molar-refractivity contribution in [2.24, 2.45) is 0 Å². The maximum atomic E-state index is 12.7. The van der Waals surface area contributed by atoms with Gasteiger partial charge in [0.05, 0.1) is 23.4 Å². The van der Waals surface area contributed by atoms with Gasteiger partial charge >= 0.3 is 0 Å². The number of ether oxygens (including phenoxy) is 1.